The summed E-state index contributed by atoms with van der Waals surface area (Å²) in [5, 5.41) is 0. The molecule has 4 nitrogen and oxygen atoms in total. The zero-order valence-electron chi connectivity index (χ0n) is 13.5. The van der Waals surface area contributed by atoms with E-state index < -0.39 is 10.0 Å². The summed E-state index contributed by atoms with van der Waals surface area (Å²) >= 11 is 4.50. The number of sulfonamides is 1. The van der Waals surface area contributed by atoms with Crippen LogP contribution in [0.15, 0.2) is 44.4 Å². The summed E-state index contributed by atoms with van der Waals surface area (Å²) in [4.78, 5) is 2.50. The van der Waals surface area contributed by atoms with Crippen LogP contribution in [0.5, 0.6) is 0 Å². The average molecular weight is 429 g/mol. The summed E-state index contributed by atoms with van der Waals surface area (Å²) in [7, 11) is -3.51. The van der Waals surface area contributed by atoms with Gasteiger partial charge >= 0.3 is 0 Å². The minimum atomic E-state index is -3.51. The molecule has 1 fully saturated rings. The Hall–Kier alpha value is -0.890. The van der Waals surface area contributed by atoms with Crippen molar-refractivity contribution in [2.45, 2.75) is 29.9 Å². The lowest BCUT2D eigenvalue weighted by atomic mass is 9.98. The van der Waals surface area contributed by atoms with Gasteiger partial charge in [-0.3, -0.25) is 4.72 Å². The van der Waals surface area contributed by atoms with Gasteiger partial charge in [-0.2, -0.15) is 0 Å². The normalized spacial score (nSPS) is 18.8. The Bertz CT molecular complexity index is 787. The highest BCUT2D eigenvalue weighted by Gasteiger charge is 2.23. The molecule has 1 N–H and O–H groups in total. The maximum absolute atomic E-state index is 12.3. The van der Waals surface area contributed by atoms with Crippen LogP contribution in [0.1, 0.15) is 31.2 Å². The zero-order chi connectivity index (χ0) is 17.2. The molecule has 0 saturated carbocycles. The lowest BCUT2D eigenvalue weighted by molar-refractivity contribution is 0.335. The molecule has 1 aliphatic heterocycles. The quantitative estimate of drug-likeness (QED) is 0.735. The van der Waals surface area contributed by atoms with Crippen molar-refractivity contribution in [1.82, 2.24) is 4.90 Å². The first-order chi connectivity index (χ1) is 11.5. The Morgan fingerprint density at radius 2 is 2.00 bits per heavy atom. The topological polar surface area (TPSA) is 49.4 Å². The molecule has 0 bridgehead atoms. The summed E-state index contributed by atoms with van der Waals surface area (Å²) < 4.78 is 28.4. The minimum absolute atomic E-state index is 0.310. The fourth-order valence-electron chi connectivity index (χ4n) is 3.09. The molecular weight excluding hydrogens is 408 g/mol. The molecule has 24 heavy (non-hydrogen) atoms. The summed E-state index contributed by atoms with van der Waals surface area (Å²) in [5.41, 5.74) is 1.89. The van der Waals surface area contributed by atoms with E-state index in [-0.39, 0.29) is 0 Å². The number of benzene rings is 1. The van der Waals surface area contributed by atoms with E-state index in [1.807, 2.05) is 24.3 Å². The first-order valence-electron chi connectivity index (χ1n) is 8.08. The molecule has 1 aromatic carbocycles. The van der Waals surface area contributed by atoms with Crippen LogP contribution in [0, 0.1) is 0 Å². The first-order valence-corrected chi connectivity index (χ1v) is 11.2. The van der Waals surface area contributed by atoms with Gasteiger partial charge in [0, 0.05) is 12.2 Å². The highest BCUT2D eigenvalue weighted by molar-refractivity contribution is 9.11. The largest absolute Gasteiger partial charge is 0.303 e. The lowest BCUT2D eigenvalue weighted by Crippen LogP contribution is -2.20. The number of halogens is 1. The van der Waals surface area contributed by atoms with Crippen LogP contribution in [-0.4, -0.2) is 33.0 Å². The van der Waals surface area contributed by atoms with Gasteiger partial charge in [0.2, 0.25) is 0 Å². The van der Waals surface area contributed by atoms with Gasteiger partial charge in [-0.1, -0.05) is 19.1 Å². The Labute approximate surface area is 156 Å². The third-order valence-corrected chi connectivity index (χ3v) is 7.76. The third kappa shape index (κ3) is 4.20. The minimum Gasteiger partial charge on any atom is -0.303 e. The van der Waals surface area contributed by atoms with E-state index in [4.69, 9.17) is 0 Å². The van der Waals surface area contributed by atoms with Gasteiger partial charge < -0.3 is 4.90 Å². The maximum atomic E-state index is 12.3. The number of rotatable bonds is 6. The van der Waals surface area contributed by atoms with E-state index in [1.54, 1.807) is 12.1 Å². The first kappa shape index (κ1) is 17.9. The number of hydrogen-bond donors (Lipinski definition) is 1. The molecule has 0 aliphatic carbocycles. The number of thiophene rings is 1. The van der Waals surface area contributed by atoms with Gasteiger partial charge in [0.05, 0.1) is 3.79 Å². The molecule has 3 rings (SSSR count). The van der Waals surface area contributed by atoms with Gasteiger partial charge in [-0.25, -0.2) is 8.42 Å². The van der Waals surface area contributed by atoms with Crippen LogP contribution < -0.4 is 4.72 Å². The molecule has 130 valence electrons. The van der Waals surface area contributed by atoms with Crippen LogP contribution in [0.2, 0.25) is 0 Å². The molecule has 0 amide bonds. The second kappa shape index (κ2) is 7.56. The number of nitrogens with one attached hydrogen (secondary N) is 1. The number of hydrogen-bond acceptors (Lipinski definition) is 4. The summed E-state index contributed by atoms with van der Waals surface area (Å²) in [6.45, 7) is 5.62. The Balaban J connectivity index is 1.67. The van der Waals surface area contributed by atoms with E-state index in [9.17, 15) is 8.42 Å². The standard InChI is InChI=1S/C17H21BrN2O2S2/c1-2-10-20-11-9-14(12-20)13-3-5-15(6-4-13)19-24(21,22)17-8-7-16(18)23-17/h3-8,14,19H,2,9-12H2,1H3/t14-/m1/s1. The molecular formula is C17H21BrN2O2S2. The Morgan fingerprint density at radius 3 is 2.62 bits per heavy atom. The van der Waals surface area contributed by atoms with Gasteiger partial charge in [0.1, 0.15) is 4.21 Å². The van der Waals surface area contributed by atoms with E-state index in [0.717, 1.165) is 23.4 Å². The second-order valence-electron chi connectivity index (χ2n) is 6.07. The van der Waals surface area contributed by atoms with Gasteiger partial charge in [-0.05, 0) is 77.6 Å². The van der Waals surface area contributed by atoms with Crippen molar-refractivity contribution in [2.75, 3.05) is 24.4 Å². The molecule has 0 radical (unpaired) electrons. The molecule has 1 aromatic heterocycles. The smallest absolute Gasteiger partial charge is 0.271 e. The third-order valence-electron chi connectivity index (χ3n) is 4.26. The van der Waals surface area contributed by atoms with Crippen LogP contribution in [0.25, 0.3) is 0 Å². The van der Waals surface area contributed by atoms with Crippen molar-refractivity contribution in [2.24, 2.45) is 0 Å². The predicted molar refractivity (Wildman–Crippen MR) is 103 cm³/mol. The number of anilines is 1. The summed E-state index contributed by atoms with van der Waals surface area (Å²) in [5.74, 6) is 0.551. The van der Waals surface area contributed by atoms with Crippen LogP contribution in [-0.2, 0) is 10.0 Å². The van der Waals surface area contributed by atoms with E-state index in [0.29, 0.717) is 15.8 Å². The van der Waals surface area contributed by atoms with Crippen molar-refractivity contribution in [3.8, 4) is 0 Å². The van der Waals surface area contributed by atoms with E-state index >= 15 is 0 Å². The molecule has 7 heteroatoms. The number of likely N-dealkylation sites (tertiary alicyclic amines) is 1. The van der Waals surface area contributed by atoms with E-state index in [1.165, 1.54) is 29.7 Å². The van der Waals surface area contributed by atoms with Crippen molar-refractivity contribution < 1.29 is 8.42 Å². The highest BCUT2D eigenvalue weighted by atomic mass is 79.9. The second-order valence-corrected chi connectivity index (χ2v) is 10.4. The van der Waals surface area contributed by atoms with Gasteiger partial charge in [0.15, 0.2) is 0 Å². The van der Waals surface area contributed by atoms with Crippen molar-refractivity contribution >= 4 is 43.0 Å². The van der Waals surface area contributed by atoms with Gasteiger partial charge in [0.25, 0.3) is 10.0 Å². The van der Waals surface area contributed by atoms with Crippen molar-refractivity contribution in [3.05, 3.63) is 45.7 Å². The predicted octanol–water partition coefficient (Wildman–Crippen LogP) is 4.51. The Kier molecular flexibility index (Phi) is 5.64. The fraction of sp³-hybridized carbons (Fsp3) is 0.412. The van der Waals surface area contributed by atoms with Crippen molar-refractivity contribution in [3.63, 3.8) is 0 Å². The maximum Gasteiger partial charge on any atom is 0.271 e. The number of nitrogens with zero attached hydrogens (tertiary/aromatic N) is 1. The molecule has 2 heterocycles. The highest BCUT2D eigenvalue weighted by Crippen LogP contribution is 2.30. The SMILES string of the molecule is CCCN1CC[C@@H](c2ccc(NS(=O)(=O)c3ccc(Br)s3)cc2)C1. The zero-order valence-corrected chi connectivity index (χ0v) is 16.8. The molecule has 0 spiro atoms. The fourth-order valence-corrected chi connectivity index (χ4v) is 6.16. The molecule has 1 aliphatic rings. The van der Waals surface area contributed by atoms with Crippen LogP contribution in [0.3, 0.4) is 0 Å². The van der Waals surface area contributed by atoms with Crippen LogP contribution in [0.4, 0.5) is 5.69 Å². The van der Waals surface area contributed by atoms with Gasteiger partial charge in [-0.15, -0.1) is 11.3 Å². The average Bonchev–Trinajstić information content (AvgIpc) is 3.18. The van der Waals surface area contributed by atoms with E-state index in [2.05, 4.69) is 32.5 Å². The molecule has 2 aromatic rings. The van der Waals surface area contributed by atoms with Crippen molar-refractivity contribution in [1.29, 1.82) is 0 Å². The van der Waals surface area contributed by atoms with Crippen LogP contribution >= 0.6 is 27.3 Å². The lowest BCUT2D eigenvalue weighted by Gasteiger charge is -2.15. The Morgan fingerprint density at radius 1 is 1.25 bits per heavy atom. The molecule has 1 atom stereocenters. The summed E-state index contributed by atoms with van der Waals surface area (Å²) in [6.07, 6.45) is 2.36. The molecule has 0 unspecified atom stereocenters. The monoisotopic (exact) mass is 428 g/mol. The molecule has 1 saturated heterocycles. The summed E-state index contributed by atoms with van der Waals surface area (Å²) in [6, 6.07) is 11.2.